The van der Waals surface area contributed by atoms with E-state index >= 15 is 0 Å². The van der Waals surface area contributed by atoms with Gasteiger partial charge in [0.2, 0.25) is 0 Å². The topological polar surface area (TPSA) is 68.8 Å². The summed E-state index contributed by atoms with van der Waals surface area (Å²) in [6.45, 7) is 0.639. The summed E-state index contributed by atoms with van der Waals surface area (Å²) >= 11 is 4.97. The normalized spacial score (nSPS) is 10.2. The molecule has 0 aliphatic rings. The molecule has 0 radical (unpaired) electrons. The standard InChI is InChI=1S/C11H13N5S/c1-16-7-8(6-15-16)5-14-11-9(10(12)17)3-2-4-13-11/h2-4,6-7H,5H2,1H3,(H2,12,17)(H,13,14). The number of hydrogen-bond donors (Lipinski definition) is 2. The highest BCUT2D eigenvalue weighted by molar-refractivity contribution is 7.80. The first-order chi connectivity index (χ1) is 8.16. The van der Waals surface area contributed by atoms with Gasteiger partial charge in [0, 0.05) is 31.5 Å². The van der Waals surface area contributed by atoms with Gasteiger partial charge in [-0.3, -0.25) is 4.68 Å². The van der Waals surface area contributed by atoms with Gasteiger partial charge in [-0.25, -0.2) is 4.98 Å². The minimum absolute atomic E-state index is 0.340. The number of anilines is 1. The molecule has 0 saturated heterocycles. The number of pyridine rings is 1. The first kappa shape index (κ1) is 11.5. The SMILES string of the molecule is Cn1cc(CNc2ncccc2C(N)=S)cn1. The molecule has 88 valence electrons. The van der Waals surface area contributed by atoms with Crippen molar-refractivity contribution in [1.29, 1.82) is 0 Å². The third kappa shape index (κ3) is 2.79. The van der Waals surface area contributed by atoms with Crippen molar-refractivity contribution in [3.8, 4) is 0 Å². The van der Waals surface area contributed by atoms with Crippen LogP contribution in [0, 0.1) is 0 Å². The molecule has 0 atom stereocenters. The summed E-state index contributed by atoms with van der Waals surface area (Å²) in [5.41, 5.74) is 7.45. The van der Waals surface area contributed by atoms with E-state index in [1.54, 1.807) is 17.1 Å². The van der Waals surface area contributed by atoms with Gasteiger partial charge in [0.1, 0.15) is 10.8 Å². The zero-order chi connectivity index (χ0) is 12.3. The molecular weight excluding hydrogens is 234 g/mol. The third-order valence-electron chi connectivity index (χ3n) is 2.29. The van der Waals surface area contributed by atoms with Gasteiger partial charge in [-0.15, -0.1) is 0 Å². The molecule has 0 unspecified atom stereocenters. The van der Waals surface area contributed by atoms with Gasteiger partial charge < -0.3 is 11.1 Å². The van der Waals surface area contributed by atoms with Gasteiger partial charge in [-0.2, -0.15) is 5.10 Å². The summed E-state index contributed by atoms with van der Waals surface area (Å²) in [5, 5.41) is 7.28. The van der Waals surface area contributed by atoms with Crippen molar-refractivity contribution in [2.75, 3.05) is 5.32 Å². The lowest BCUT2D eigenvalue weighted by molar-refractivity contribution is 0.767. The highest BCUT2D eigenvalue weighted by Crippen LogP contribution is 2.12. The van der Waals surface area contributed by atoms with Gasteiger partial charge in [-0.05, 0) is 12.1 Å². The van der Waals surface area contributed by atoms with Crippen molar-refractivity contribution in [1.82, 2.24) is 14.8 Å². The van der Waals surface area contributed by atoms with Crippen LogP contribution in [0.1, 0.15) is 11.1 Å². The number of nitrogens with two attached hydrogens (primary N) is 1. The van der Waals surface area contributed by atoms with Gasteiger partial charge in [0.15, 0.2) is 0 Å². The van der Waals surface area contributed by atoms with Gasteiger partial charge >= 0.3 is 0 Å². The van der Waals surface area contributed by atoms with E-state index < -0.39 is 0 Å². The Morgan fingerprint density at radius 3 is 3.06 bits per heavy atom. The summed E-state index contributed by atoms with van der Waals surface area (Å²) < 4.78 is 1.75. The van der Waals surface area contributed by atoms with E-state index in [2.05, 4.69) is 15.4 Å². The summed E-state index contributed by atoms with van der Waals surface area (Å²) in [6.07, 6.45) is 5.44. The lowest BCUT2D eigenvalue weighted by Crippen LogP contribution is -2.14. The van der Waals surface area contributed by atoms with Crippen molar-refractivity contribution < 1.29 is 0 Å². The lowest BCUT2D eigenvalue weighted by Gasteiger charge is -2.08. The maximum atomic E-state index is 5.62. The zero-order valence-electron chi connectivity index (χ0n) is 9.42. The average Bonchev–Trinajstić information content (AvgIpc) is 2.73. The maximum Gasteiger partial charge on any atom is 0.136 e. The lowest BCUT2D eigenvalue weighted by atomic mass is 10.2. The fraction of sp³-hybridized carbons (Fsp3) is 0.182. The van der Waals surface area contributed by atoms with Crippen LogP contribution in [0.3, 0.4) is 0 Å². The van der Waals surface area contributed by atoms with E-state index in [1.165, 1.54) is 0 Å². The summed E-state index contributed by atoms with van der Waals surface area (Å²) in [6, 6.07) is 3.66. The third-order valence-corrected chi connectivity index (χ3v) is 2.51. The Hall–Kier alpha value is -1.95. The van der Waals surface area contributed by atoms with Crippen LogP contribution in [-0.4, -0.2) is 19.8 Å². The van der Waals surface area contributed by atoms with Crippen LogP contribution in [-0.2, 0) is 13.6 Å². The zero-order valence-corrected chi connectivity index (χ0v) is 10.2. The first-order valence-electron chi connectivity index (χ1n) is 5.13. The molecule has 2 aromatic heterocycles. The minimum Gasteiger partial charge on any atom is -0.389 e. The molecule has 17 heavy (non-hydrogen) atoms. The largest absolute Gasteiger partial charge is 0.389 e. The van der Waals surface area contributed by atoms with E-state index in [0.29, 0.717) is 17.4 Å². The molecule has 3 N–H and O–H groups in total. The first-order valence-corrected chi connectivity index (χ1v) is 5.54. The number of thiocarbonyl (C=S) groups is 1. The van der Waals surface area contributed by atoms with Crippen LogP contribution in [0.15, 0.2) is 30.7 Å². The molecule has 5 nitrogen and oxygen atoms in total. The summed E-state index contributed by atoms with van der Waals surface area (Å²) in [4.78, 5) is 4.56. The fourth-order valence-electron chi connectivity index (χ4n) is 1.49. The van der Waals surface area contributed by atoms with E-state index in [0.717, 1.165) is 11.1 Å². The number of nitrogens with zero attached hydrogens (tertiary/aromatic N) is 3. The molecule has 0 aliphatic heterocycles. The highest BCUT2D eigenvalue weighted by Gasteiger charge is 2.05. The molecule has 0 saturated carbocycles. The average molecular weight is 247 g/mol. The quantitative estimate of drug-likeness (QED) is 0.791. The second-order valence-electron chi connectivity index (χ2n) is 3.64. The van der Waals surface area contributed by atoms with Crippen molar-refractivity contribution in [2.24, 2.45) is 12.8 Å². The van der Waals surface area contributed by atoms with Crippen LogP contribution < -0.4 is 11.1 Å². The Balaban J connectivity index is 2.11. The summed E-state index contributed by atoms with van der Waals surface area (Å²) in [5.74, 6) is 0.698. The van der Waals surface area contributed by atoms with Gasteiger partial charge in [-0.1, -0.05) is 12.2 Å². The van der Waals surface area contributed by atoms with Gasteiger partial charge in [0.25, 0.3) is 0 Å². The molecule has 2 heterocycles. The predicted molar refractivity (Wildman–Crippen MR) is 70.7 cm³/mol. The number of nitrogens with one attached hydrogen (secondary N) is 1. The molecular formula is C11H13N5S. The van der Waals surface area contributed by atoms with Crippen LogP contribution in [0.4, 0.5) is 5.82 Å². The van der Waals surface area contributed by atoms with E-state index in [-0.39, 0.29) is 0 Å². The second-order valence-corrected chi connectivity index (χ2v) is 4.08. The molecule has 2 rings (SSSR count). The monoisotopic (exact) mass is 247 g/mol. The van der Waals surface area contributed by atoms with Crippen molar-refractivity contribution in [3.05, 3.63) is 41.9 Å². The van der Waals surface area contributed by atoms with Crippen LogP contribution in [0.5, 0.6) is 0 Å². The smallest absolute Gasteiger partial charge is 0.136 e. The van der Waals surface area contributed by atoms with E-state index in [4.69, 9.17) is 18.0 Å². The number of rotatable bonds is 4. The molecule has 0 aromatic carbocycles. The van der Waals surface area contributed by atoms with Crippen LogP contribution >= 0.6 is 12.2 Å². The highest BCUT2D eigenvalue weighted by atomic mass is 32.1. The Morgan fingerprint density at radius 2 is 2.41 bits per heavy atom. The van der Waals surface area contributed by atoms with Crippen molar-refractivity contribution in [2.45, 2.75) is 6.54 Å². The Morgan fingerprint density at radius 1 is 1.59 bits per heavy atom. The second kappa shape index (κ2) is 4.92. The van der Waals surface area contributed by atoms with Gasteiger partial charge in [0.05, 0.1) is 11.8 Å². The summed E-state index contributed by atoms with van der Waals surface area (Å²) in [7, 11) is 1.88. The van der Waals surface area contributed by atoms with Crippen molar-refractivity contribution >= 4 is 23.0 Å². The van der Waals surface area contributed by atoms with Crippen molar-refractivity contribution in [3.63, 3.8) is 0 Å². The van der Waals surface area contributed by atoms with E-state index in [1.807, 2.05) is 25.4 Å². The molecule has 6 heteroatoms. The Labute approximate surface area is 105 Å². The molecule has 0 bridgehead atoms. The number of aromatic nitrogens is 3. The minimum atomic E-state index is 0.340. The molecule has 0 aliphatic carbocycles. The molecule has 0 spiro atoms. The molecule has 0 amide bonds. The number of aryl methyl sites for hydroxylation is 1. The molecule has 2 aromatic rings. The van der Waals surface area contributed by atoms with Crippen LogP contribution in [0.25, 0.3) is 0 Å². The Bertz CT molecular complexity index is 534. The molecule has 0 fully saturated rings. The maximum absolute atomic E-state index is 5.62. The van der Waals surface area contributed by atoms with E-state index in [9.17, 15) is 0 Å². The Kier molecular flexibility index (Phi) is 3.34. The predicted octanol–water partition coefficient (Wildman–Crippen LogP) is 1.06. The number of hydrogen-bond acceptors (Lipinski definition) is 4. The fourth-order valence-corrected chi connectivity index (χ4v) is 1.66. The van der Waals surface area contributed by atoms with Crippen LogP contribution in [0.2, 0.25) is 0 Å².